The Hall–Kier alpha value is -0.690. The summed E-state index contributed by atoms with van der Waals surface area (Å²) in [5.74, 6) is 0.205. The molecule has 23 heavy (non-hydrogen) atoms. The zero-order valence-corrected chi connectivity index (χ0v) is 16.7. The van der Waals surface area contributed by atoms with E-state index >= 15 is 0 Å². The van der Waals surface area contributed by atoms with Gasteiger partial charge in [-0.25, -0.2) is 0 Å². The van der Waals surface area contributed by atoms with E-state index in [2.05, 4.69) is 52.9 Å². The molecule has 6 heteroatoms. The monoisotopic (exact) mass is 412 g/mol. The maximum atomic E-state index is 12.7. The molecule has 0 saturated carbocycles. The van der Waals surface area contributed by atoms with E-state index < -0.39 is 0 Å². The molecule has 1 fully saturated rings. The summed E-state index contributed by atoms with van der Waals surface area (Å²) < 4.78 is 1.18. The molecule has 0 spiro atoms. The Morgan fingerprint density at radius 3 is 2.52 bits per heavy atom. The van der Waals surface area contributed by atoms with Crippen LogP contribution in [-0.2, 0) is 13.0 Å². The molecule has 1 aliphatic rings. The maximum absolute atomic E-state index is 12.7. The number of amides is 1. The highest BCUT2D eigenvalue weighted by molar-refractivity contribution is 9.11. The van der Waals surface area contributed by atoms with Crippen LogP contribution >= 0.6 is 38.6 Å². The van der Waals surface area contributed by atoms with Crippen molar-refractivity contribution in [2.75, 3.05) is 26.2 Å². The number of nitrogens with zero attached hydrogens (tertiary/aromatic N) is 2. The largest absolute Gasteiger partial charge is 0.335 e. The first-order chi connectivity index (χ1) is 11.1. The molecule has 2 aromatic heterocycles. The number of rotatable bonds is 4. The number of carbonyl (C=O) groups excluding carboxylic acids is 1. The van der Waals surface area contributed by atoms with Crippen LogP contribution in [0.25, 0.3) is 0 Å². The third-order valence-corrected chi connectivity index (χ3v) is 7.20. The lowest BCUT2D eigenvalue weighted by Gasteiger charge is -2.34. The Labute approximate surface area is 154 Å². The Bertz CT molecular complexity index is 687. The average molecular weight is 413 g/mol. The second-order valence-corrected chi connectivity index (χ2v) is 9.53. The van der Waals surface area contributed by atoms with Crippen LogP contribution in [0.2, 0.25) is 0 Å². The van der Waals surface area contributed by atoms with Crippen LogP contribution < -0.4 is 0 Å². The van der Waals surface area contributed by atoms with Crippen LogP contribution in [0.5, 0.6) is 0 Å². The number of thiophene rings is 2. The topological polar surface area (TPSA) is 23.6 Å². The smallest absolute Gasteiger partial charge is 0.264 e. The van der Waals surface area contributed by atoms with Crippen molar-refractivity contribution in [2.24, 2.45) is 0 Å². The number of piperazine rings is 1. The van der Waals surface area contributed by atoms with Gasteiger partial charge in [0.1, 0.15) is 0 Å². The second-order valence-electron chi connectivity index (χ2n) is 5.84. The quantitative estimate of drug-likeness (QED) is 0.742. The van der Waals surface area contributed by atoms with Gasteiger partial charge in [-0.05, 0) is 53.0 Å². The molecule has 3 rings (SSSR count). The third-order valence-electron chi connectivity index (χ3n) is 4.22. The van der Waals surface area contributed by atoms with Crippen LogP contribution in [0.1, 0.15) is 31.9 Å². The van der Waals surface area contributed by atoms with Crippen molar-refractivity contribution in [3.05, 3.63) is 42.2 Å². The van der Waals surface area contributed by atoms with Crippen LogP contribution in [0, 0.1) is 6.92 Å². The summed E-state index contributed by atoms with van der Waals surface area (Å²) in [6, 6.07) is 6.33. The number of hydrogen-bond acceptors (Lipinski definition) is 4. The Morgan fingerprint density at radius 2 is 1.96 bits per heavy atom. The molecule has 0 unspecified atom stereocenters. The first-order valence-electron chi connectivity index (χ1n) is 7.92. The van der Waals surface area contributed by atoms with Gasteiger partial charge in [-0.3, -0.25) is 9.69 Å². The van der Waals surface area contributed by atoms with Crippen LogP contribution in [-0.4, -0.2) is 41.9 Å². The maximum Gasteiger partial charge on any atom is 0.264 e. The number of aryl methyl sites for hydroxylation is 2. The lowest BCUT2D eigenvalue weighted by atomic mass is 10.2. The van der Waals surface area contributed by atoms with Crippen molar-refractivity contribution >= 4 is 44.5 Å². The van der Waals surface area contributed by atoms with Crippen molar-refractivity contribution in [3.63, 3.8) is 0 Å². The summed E-state index contributed by atoms with van der Waals surface area (Å²) in [6.07, 6.45) is 1.01. The molecule has 2 aromatic rings. The van der Waals surface area contributed by atoms with E-state index in [4.69, 9.17) is 0 Å². The fourth-order valence-corrected chi connectivity index (χ4v) is 5.51. The molecule has 3 heterocycles. The summed E-state index contributed by atoms with van der Waals surface area (Å²) in [7, 11) is 0. The summed E-state index contributed by atoms with van der Waals surface area (Å²) in [6.45, 7) is 8.78. The Morgan fingerprint density at radius 1 is 1.22 bits per heavy atom. The van der Waals surface area contributed by atoms with Crippen molar-refractivity contribution in [1.82, 2.24) is 9.80 Å². The standard InChI is InChI=1S/C17H21BrN2OS2/c1-3-14-12(2)10-15(23-14)17(21)20-8-6-19(7-9-20)11-13-4-5-16(18)22-13/h4-5,10H,3,6-9,11H2,1-2H3. The molecule has 124 valence electrons. The minimum atomic E-state index is 0.205. The van der Waals surface area contributed by atoms with Crippen LogP contribution in [0.3, 0.4) is 0 Å². The molecular formula is C17H21BrN2OS2. The molecule has 0 aliphatic carbocycles. The molecule has 3 nitrogen and oxygen atoms in total. The van der Waals surface area contributed by atoms with Gasteiger partial charge in [0, 0.05) is 42.5 Å². The van der Waals surface area contributed by atoms with Gasteiger partial charge in [-0.1, -0.05) is 6.92 Å². The lowest BCUT2D eigenvalue weighted by Crippen LogP contribution is -2.48. The SMILES string of the molecule is CCc1sc(C(=O)N2CCN(Cc3ccc(Br)s3)CC2)cc1C. The molecular weight excluding hydrogens is 392 g/mol. The van der Waals surface area contributed by atoms with Gasteiger partial charge in [-0.15, -0.1) is 22.7 Å². The summed E-state index contributed by atoms with van der Waals surface area (Å²) >= 11 is 6.96. The van der Waals surface area contributed by atoms with Gasteiger partial charge < -0.3 is 4.90 Å². The summed E-state index contributed by atoms with van der Waals surface area (Å²) in [4.78, 5) is 20.7. The molecule has 1 amide bonds. The van der Waals surface area contributed by atoms with E-state index in [0.717, 1.165) is 44.0 Å². The van der Waals surface area contributed by atoms with Gasteiger partial charge in [0.25, 0.3) is 5.91 Å². The fraction of sp³-hybridized carbons (Fsp3) is 0.471. The number of halogens is 1. The van der Waals surface area contributed by atoms with E-state index in [0.29, 0.717) is 0 Å². The fourth-order valence-electron chi connectivity index (χ4n) is 2.90. The van der Waals surface area contributed by atoms with Gasteiger partial charge >= 0.3 is 0 Å². The first-order valence-corrected chi connectivity index (χ1v) is 10.3. The van der Waals surface area contributed by atoms with Gasteiger partial charge in [-0.2, -0.15) is 0 Å². The predicted molar refractivity (Wildman–Crippen MR) is 102 cm³/mol. The first kappa shape index (κ1) is 17.1. The highest BCUT2D eigenvalue weighted by Crippen LogP contribution is 2.25. The molecule has 0 N–H and O–H groups in total. The lowest BCUT2D eigenvalue weighted by molar-refractivity contribution is 0.0634. The average Bonchev–Trinajstić information content (AvgIpc) is 3.13. The normalized spacial score (nSPS) is 16.0. The zero-order chi connectivity index (χ0) is 16.4. The second kappa shape index (κ2) is 7.47. The predicted octanol–water partition coefficient (Wildman–Crippen LogP) is 4.40. The van der Waals surface area contributed by atoms with Gasteiger partial charge in [0.15, 0.2) is 0 Å². The van der Waals surface area contributed by atoms with E-state index in [1.807, 2.05) is 4.90 Å². The van der Waals surface area contributed by atoms with Gasteiger partial charge in [0.2, 0.25) is 0 Å². The molecule has 0 atom stereocenters. The van der Waals surface area contributed by atoms with E-state index in [1.54, 1.807) is 22.7 Å². The molecule has 1 aliphatic heterocycles. The highest BCUT2D eigenvalue weighted by Gasteiger charge is 2.24. The summed E-state index contributed by atoms with van der Waals surface area (Å²) in [5.41, 5.74) is 1.25. The van der Waals surface area contributed by atoms with Crippen LogP contribution in [0.15, 0.2) is 22.0 Å². The molecule has 1 saturated heterocycles. The Kier molecular flexibility index (Phi) is 5.57. The Balaban J connectivity index is 1.56. The van der Waals surface area contributed by atoms with Crippen molar-refractivity contribution in [2.45, 2.75) is 26.8 Å². The zero-order valence-electron chi connectivity index (χ0n) is 13.5. The van der Waals surface area contributed by atoms with E-state index in [1.165, 1.54) is 19.1 Å². The van der Waals surface area contributed by atoms with Gasteiger partial charge in [0.05, 0.1) is 8.66 Å². The summed E-state index contributed by atoms with van der Waals surface area (Å²) in [5, 5.41) is 0. The molecule has 0 radical (unpaired) electrons. The van der Waals surface area contributed by atoms with E-state index in [9.17, 15) is 4.79 Å². The van der Waals surface area contributed by atoms with Crippen molar-refractivity contribution < 1.29 is 4.79 Å². The van der Waals surface area contributed by atoms with Crippen molar-refractivity contribution in [1.29, 1.82) is 0 Å². The molecule has 0 bridgehead atoms. The number of carbonyl (C=O) groups is 1. The minimum Gasteiger partial charge on any atom is -0.335 e. The molecule has 0 aromatic carbocycles. The number of hydrogen-bond donors (Lipinski definition) is 0. The highest BCUT2D eigenvalue weighted by atomic mass is 79.9. The minimum absolute atomic E-state index is 0.205. The van der Waals surface area contributed by atoms with E-state index in [-0.39, 0.29) is 5.91 Å². The van der Waals surface area contributed by atoms with Crippen molar-refractivity contribution in [3.8, 4) is 0 Å². The third kappa shape index (κ3) is 4.05. The van der Waals surface area contributed by atoms with Crippen LogP contribution in [0.4, 0.5) is 0 Å².